The number of hydrogen-bond donors (Lipinski definition) is 1. The van der Waals surface area contributed by atoms with Gasteiger partial charge in [0.05, 0.1) is 19.6 Å². The highest BCUT2D eigenvalue weighted by atomic mass is 16.5. The molecule has 0 heterocycles. The molecule has 0 atom stereocenters. The summed E-state index contributed by atoms with van der Waals surface area (Å²) in [5, 5.41) is 9.58. The number of hydrogen-bond acceptors (Lipinski definition) is 3. The molecule has 0 amide bonds. The number of methoxy groups -OCH3 is 2. The summed E-state index contributed by atoms with van der Waals surface area (Å²) in [7, 11) is 3.14. The van der Waals surface area contributed by atoms with Crippen molar-refractivity contribution in [3.63, 3.8) is 0 Å². The van der Waals surface area contributed by atoms with E-state index in [9.17, 15) is 9.90 Å². The molecule has 2 rings (SSSR count). The minimum Gasteiger partial charge on any atom is -0.497 e. The van der Waals surface area contributed by atoms with Crippen molar-refractivity contribution in [2.24, 2.45) is 0 Å². The van der Waals surface area contributed by atoms with Gasteiger partial charge in [0.15, 0.2) is 0 Å². The fourth-order valence-corrected chi connectivity index (χ4v) is 2.77. The van der Waals surface area contributed by atoms with E-state index in [4.69, 9.17) is 9.47 Å². The molecule has 1 aliphatic carbocycles. The second kappa shape index (κ2) is 4.88. The number of carboxylic acids is 1. The van der Waals surface area contributed by atoms with E-state index >= 15 is 0 Å². The third-order valence-electron chi connectivity index (χ3n) is 3.79. The molecule has 1 fully saturated rings. The molecule has 1 aromatic rings. The fraction of sp³-hybridized carbons (Fsp3) is 0.500. The van der Waals surface area contributed by atoms with E-state index in [1.165, 1.54) is 0 Å². The summed E-state index contributed by atoms with van der Waals surface area (Å²) in [4.78, 5) is 11.7. The smallest absolute Gasteiger partial charge is 0.314 e. The number of carboxylic acid groups (broad SMARTS) is 1. The molecule has 1 saturated carbocycles. The minimum atomic E-state index is -0.794. The molecule has 1 aromatic carbocycles. The Labute approximate surface area is 107 Å². The van der Waals surface area contributed by atoms with Crippen LogP contribution in [0.1, 0.15) is 31.2 Å². The molecule has 0 saturated heterocycles. The molecule has 4 heteroatoms. The molecule has 0 spiro atoms. The largest absolute Gasteiger partial charge is 0.497 e. The zero-order valence-electron chi connectivity index (χ0n) is 10.7. The molecule has 4 nitrogen and oxygen atoms in total. The van der Waals surface area contributed by atoms with Gasteiger partial charge < -0.3 is 14.6 Å². The number of benzene rings is 1. The van der Waals surface area contributed by atoms with Crippen LogP contribution in [0.15, 0.2) is 18.2 Å². The topological polar surface area (TPSA) is 55.8 Å². The summed E-state index contributed by atoms with van der Waals surface area (Å²) in [5.74, 6) is 0.510. The lowest BCUT2D eigenvalue weighted by Gasteiger charge is -2.26. The Hall–Kier alpha value is -1.71. The van der Waals surface area contributed by atoms with Crippen LogP contribution in [-0.2, 0) is 10.2 Å². The van der Waals surface area contributed by atoms with E-state index in [1.54, 1.807) is 26.4 Å². The lowest BCUT2D eigenvalue weighted by Crippen LogP contribution is -2.33. The monoisotopic (exact) mass is 250 g/mol. The van der Waals surface area contributed by atoms with E-state index in [-0.39, 0.29) is 0 Å². The Balaban J connectivity index is 2.51. The number of ether oxygens (including phenoxy) is 2. The van der Waals surface area contributed by atoms with Gasteiger partial charge in [-0.05, 0) is 18.9 Å². The summed E-state index contributed by atoms with van der Waals surface area (Å²) in [6, 6.07) is 5.36. The van der Waals surface area contributed by atoms with Gasteiger partial charge >= 0.3 is 5.97 Å². The van der Waals surface area contributed by atoms with Gasteiger partial charge in [0, 0.05) is 11.6 Å². The number of carbonyl (C=O) groups is 1. The van der Waals surface area contributed by atoms with E-state index in [0.29, 0.717) is 24.3 Å². The first-order chi connectivity index (χ1) is 8.64. The van der Waals surface area contributed by atoms with Gasteiger partial charge in [0.25, 0.3) is 0 Å². The molecule has 0 unspecified atom stereocenters. The maximum atomic E-state index is 11.7. The molecule has 0 radical (unpaired) electrons. The maximum Gasteiger partial charge on any atom is 0.314 e. The Kier molecular flexibility index (Phi) is 3.45. The number of aliphatic carboxylic acids is 1. The van der Waals surface area contributed by atoms with E-state index in [2.05, 4.69) is 0 Å². The molecule has 1 aliphatic rings. The van der Waals surface area contributed by atoms with Gasteiger partial charge in [0.2, 0.25) is 0 Å². The minimum absolute atomic E-state index is 0.596. The Morgan fingerprint density at radius 1 is 1.22 bits per heavy atom. The van der Waals surface area contributed by atoms with Crippen molar-refractivity contribution < 1.29 is 19.4 Å². The van der Waals surface area contributed by atoms with Crippen molar-refractivity contribution in [1.29, 1.82) is 0 Å². The van der Waals surface area contributed by atoms with Crippen molar-refractivity contribution in [3.8, 4) is 11.5 Å². The van der Waals surface area contributed by atoms with Crippen LogP contribution >= 0.6 is 0 Å². The summed E-state index contributed by atoms with van der Waals surface area (Å²) in [6.07, 6.45) is 3.24. The summed E-state index contributed by atoms with van der Waals surface area (Å²) in [5.41, 5.74) is -0.0340. The summed E-state index contributed by atoms with van der Waals surface area (Å²) < 4.78 is 10.5. The predicted molar refractivity (Wildman–Crippen MR) is 67.3 cm³/mol. The molecule has 0 bridgehead atoms. The quantitative estimate of drug-likeness (QED) is 0.892. The van der Waals surface area contributed by atoms with E-state index < -0.39 is 11.4 Å². The van der Waals surface area contributed by atoms with Crippen molar-refractivity contribution in [3.05, 3.63) is 23.8 Å². The van der Waals surface area contributed by atoms with Crippen LogP contribution in [0, 0.1) is 0 Å². The second-order valence-electron chi connectivity index (χ2n) is 4.66. The average molecular weight is 250 g/mol. The summed E-state index contributed by atoms with van der Waals surface area (Å²) in [6.45, 7) is 0. The zero-order chi connectivity index (χ0) is 13.2. The van der Waals surface area contributed by atoms with E-state index in [0.717, 1.165) is 18.4 Å². The first kappa shape index (κ1) is 12.7. The Morgan fingerprint density at radius 3 is 2.39 bits per heavy atom. The highest BCUT2D eigenvalue weighted by molar-refractivity contribution is 5.83. The average Bonchev–Trinajstić information content (AvgIpc) is 2.88. The SMILES string of the molecule is COc1ccc(C2(C(=O)O)CCCC2)c(OC)c1. The van der Waals surface area contributed by atoms with Gasteiger partial charge in [-0.15, -0.1) is 0 Å². The molecular formula is C14H18O4. The van der Waals surface area contributed by atoms with Gasteiger partial charge in [-0.25, -0.2) is 0 Å². The first-order valence-corrected chi connectivity index (χ1v) is 6.10. The Morgan fingerprint density at radius 2 is 1.89 bits per heavy atom. The fourth-order valence-electron chi connectivity index (χ4n) is 2.77. The molecule has 18 heavy (non-hydrogen) atoms. The van der Waals surface area contributed by atoms with Crippen LogP contribution in [0.5, 0.6) is 11.5 Å². The molecular weight excluding hydrogens is 232 g/mol. The molecule has 98 valence electrons. The first-order valence-electron chi connectivity index (χ1n) is 6.10. The van der Waals surface area contributed by atoms with Crippen molar-refractivity contribution in [2.75, 3.05) is 14.2 Å². The van der Waals surface area contributed by atoms with Crippen LogP contribution in [-0.4, -0.2) is 25.3 Å². The third-order valence-corrected chi connectivity index (χ3v) is 3.79. The van der Waals surface area contributed by atoms with Gasteiger partial charge in [-0.1, -0.05) is 18.9 Å². The van der Waals surface area contributed by atoms with Gasteiger partial charge in [-0.3, -0.25) is 4.79 Å². The Bertz CT molecular complexity index is 447. The normalized spacial score (nSPS) is 17.4. The standard InChI is InChI=1S/C14H18O4/c1-17-10-5-6-11(12(9-10)18-2)14(13(15)16)7-3-4-8-14/h5-6,9H,3-4,7-8H2,1-2H3,(H,15,16). The second-order valence-corrected chi connectivity index (χ2v) is 4.66. The zero-order valence-corrected chi connectivity index (χ0v) is 10.7. The number of rotatable bonds is 4. The van der Waals surface area contributed by atoms with Crippen molar-refractivity contribution in [1.82, 2.24) is 0 Å². The van der Waals surface area contributed by atoms with Gasteiger partial charge in [-0.2, -0.15) is 0 Å². The molecule has 1 N–H and O–H groups in total. The van der Waals surface area contributed by atoms with Crippen LogP contribution < -0.4 is 9.47 Å². The lowest BCUT2D eigenvalue weighted by atomic mass is 9.78. The lowest BCUT2D eigenvalue weighted by molar-refractivity contribution is -0.143. The predicted octanol–water partition coefficient (Wildman–Crippen LogP) is 2.60. The highest BCUT2D eigenvalue weighted by Crippen LogP contribution is 2.45. The van der Waals surface area contributed by atoms with Crippen LogP contribution in [0.4, 0.5) is 0 Å². The van der Waals surface area contributed by atoms with E-state index in [1.807, 2.05) is 6.07 Å². The summed E-state index contributed by atoms with van der Waals surface area (Å²) >= 11 is 0. The molecule has 0 aromatic heterocycles. The van der Waals surface area contributed by atoms with Crippen LogP contribution in [0.2, 0.25) is 0 Å². The maximum absolute atomic E-state index is 11.7. The highest BCUT2D eigenvalue weighted by Gasteiger charge is 2.44. The third kappa shape index (κ3) is 1.92. The van der Waals surface area contributed by atoms with Crippen molar-refractivity contribution >= 4 is 5.97 Å². The molecule has 0 aliphatic heterocycles. The van der Waals surface area contributed by atoms with Crippen LogP contribution in [0.3, 0.4) is 0 Å². The van der Waals surface area contributed by atoms with Crippen LogP contribution in [0.25, 0.3) is 0 Å². The van der Waals surface area contributed by atoms with Crippen molar-refractivity contribution in [2.45, 2.75) is 31.1 Å². The van der Waals surface area contributed by atoms with Gasteiger partial charge in [0.1, 0.15) is 11.5 Å².